The first-order chi connectivity index (χ1) is 28.7. The number of aryl methyl sites for hydroxylation is 1. The molecule has 0 bridgehead atoms. The van der Waals surface area contributed by atoms with Crippen molar-refractivity contribution < 1.29 is 9.47 Å². The van der Waals surface area contributed by atoms with Gasteiger partial charge < -0.3 is 30.4 Å². The van der Waals surface area contributed by atoms with Crippen LogP contribution in [-0.4, -0.2) is 70.8 Å². The summed E-state index contributed by atoms with van der Waals surface area (Å²) in [6.45, 7) is 0. The molecule has 4 N–H and O–H groups in total. The summed E-state index contributed by atoms with van der Waals surface area (Å²) in [6.07, 6.45) is 10.9. The van der Waals surface area contributed by atoms with Crippen molar-refractivity contribution in [2.75, 3.05) is 50.0 Å². The van der Waals surface area contributed by atoms with Crippen molar-refractivity contribution in [1.29, 1.82) is 0 Å². The van der Waals surface area contributed by atoms with Gasteiger partial charge in [-0.05, 0) is 110 Å². The lowest BCUT2D eigenvalue weighted by Crippen LogP contribution is -1.98. The standard InChI is InChI=1S/C22H21N5OS.C14H16N4O.C8H7NS2.CH4/c1-23-14-16-12-18(10-11-24-16)28-17-6-9-21-20(13-17)26-22(27(21)2)25-15-4-7-19(29-3)8-5-15;1-16-9-10-7-12(5-6-18-10)19-11-3-4-14(17-2)13(15)8-11;1-11-8-4-2-7(3-5-8)9-6-10;/h4-14H,1-3H3,(H,25,26);3-9,17H,15H2,1-2H3;2-5H,1H3;1H4. The molecule has 15 heteroatoms. The van der Waals surface area contributed by atoms with Crippen LogP contribution in [0.5, 0.6) is 23.0 Å². The smallest absolute Gasteiger partial charge is 0.208 e. The Morgan fingerprint density at radius 1 is 0.733 bits per heavy atom. The molecule has 12 nitrogen and oxygen atoms in total. The number of nitrogen functional groups attached to an aromatic ring is 1. The van der Waals surface area contributed by atoms with Gasteiger partial charge in [-0.1, -0.05) is 7.43 Å². The maximum absolute atomic E-state index is 5.99. The highest BCUT2D eigenvalue weighted by Crippen LogP contribution is 2.30. The van der Waals surface area contributed by atoms with E-state index in [-0.39, 0.29) is 7.43 Å². The van der Waals surface area contributed by atoms with E-state index in [0.717, 1.165) is 51.2 Å². The summed E-state index contributed by atoms with van der Waals surface area (Å²) in [6, 6.07) is 34.8. The van der Waals surface area contributed by atoms with E-state index < -0.39 is 0 Å². The minimum atomic E-state index is 0. The topological polar surface area (TPSA) is 149 Å². The van der Waals surface area contributed by atoms with Crippen LogP contribution < -0.4 is 25.8 Å². The summed E-state index contributed by atoms with van der Waals surface area (Å²) in [5, 5.41) is 8.71. The third kappa shape index (κ3) is 13.5. The molecule has 308 valence electrons. The number of aliphatic imine (C=N–C) groups is 3. The summed E-state index contributed by atoms with van der Waals surface area (Å²) in [7, 11) is 7.23. The number of hydrogen-bond acceptors (Lipinski definition) is 14. The molecule has 3 heterocycles. The van der Waals surface area contributed by atoms with Crippen LogP contribution in [0.3, 0.4) is 0 Å². The highest BCUT2D eigenvalue weighted by Gasteiger charge is 2.10. The van der Waals surface area contributed by atoms with E-state index in [1.165, 1.54) is 9.79 Å². The van der Waals surface area contributed by atoms with Crippen molar-refractivity contribution in [2.45, 2.75) is 17.2 Å². The quantitative estimate of drug-likeness (QED) is 0.0466. The van der Waals surface area contributed by atoms with Gasteiger partial charge in [0, 0.05) is 92.8 Å². The van der Waals surface area contributed by atoms with Gasteiger partial charge in [0.15, 0.2) is 0 Å². The molecule has 7 aromatic rings. The number of benzene rings is 4. The van der Waals surface area contributed by atoms with Crippen molar-refractivity contribution in [2.24, 2.45) is 22.0 Å². The predicted molar refractivity (Wildman–Crippen MR) is 258 cm³/mol. The Kier molecular flexibility index (Phi) is 18.3. The van der Waals surface area contributed by atoms with Crippen LogP contribution in [0.25, 0.3) is 11.0 Å². The Bertz CT molecular complexity index is 2560. The monoisotopic (exact) mass is 856 g/mol. The molecule has 4 aromatic carbocycles. The van der Waals surface area contributed by atoms with Crippen LogP contribution >= 0.6 is 35.7 Å². The van der Waals surface area contributed by atoms with Gasteiger partial charge in [0.2, 0.25) is 5.95 Å². The van der Waals surface area contributed by atoms with Crippen LogP contribution in [0.4, 0.5) is 28.7 Å². The predicted octanol–water partition coefficient (Wildman–Crippen LogP) is 11.6. The Morgan fingerprint density at radius 3 is 1.78 bits per heavy atom. The normalized spacial score (nSPS) is 10.4. The number of aromatic nitrogens is 4. The average Bonchev–Trinajstić information content (AvgIpc) is 3.55. The van der Waals surface area contributed by atoms with Crippen LogP contribution in [-0.2, 0) is 7.05 Å². The molecule has 0 radical (unpaired) electrons. The number of thioether (sulfide) groups is 2. The Balaban J connectivity index is 0.000000220. The molecular formula is C45H48N10O2S3. The summed E-state index contributed by atoms with van der Waals surface area (Å²) in [5.74, 6) is 3.58. The summed E-state index contributed by atoms with van der Waals surface area (Å²) in [5.41, 5.74) is 12.6. The molecule has 0 aliphatic carbocycles. The van der Waals surface area contributed by atoms with Gasteiger partial charge in [-0.3, -0.25) is 20.0 Å². The maximum atomic E-state index is 5.99. The van der Waals surface area contributed by atoms with Crippen LogP contribution in [0.1, 0.15) is 18.8 Å². The summed E-state index contributed by atoms with van der Waals surface area (Å²) in [4.78, 5) is 27.3. The first-order valence-electron chi connectivity index (χ1n) is 18.0. The number of imidazole rings is 1. The van der Waals surface area contributed by atoms with E-state index in [0.29, 0.717) is 22.9 Å². The number of ether oxygens (including phenoxy) is 2. The van der Waals surface area contributed by atoms with Gasteiger partial charge in [-0.25, -0.2) is 4.98 Å². The molecular weight excluding hydrogens is 809 g/mol. The Morgan fingerprint density at radius 2 is 1.27 bits per heavy atom. The molecule has 60 heavy (non-hydrogen) atoms. The number of isothiocyanates is 1. The number of pyridine rings is 2. The number of rotatable bonds is 12. The van der Waals surface area contributed by atoms with E-state index in [1.807, 2.05) is 97.7 Å². The van der Waals surface area contributed by atoms with Crippen molar-refractivity contribution in [3.63, 3.8) is 0 Å². The highest BCUT2D eigenvalue weighted by atomic mass is 32.2. The number of thiocarbonyl (C=S) groups is 1. The molecule has 7 rings (SSSR count). The average molecular weight is 857 g/mol. The van der Waals surface area contributed by atoms with Crippen LogP contribution in [0, 0.1) is 0 Å². The lowest BCUT2D eigenvalue weighted by Gasteiger charge is -2.09. The number of anilines is 4. The van der Waals surface area contributed by atoms with E-state index >= 15 is 0 Å². The minimum absolute atomic E-state index is 0. The van der Waals surface area contributed by atoms with Gasteiger partial charge in [-0.2, -0.15) is 4.99 Å². The van der Waals surface area contributed by atoms with Gasteiger partial charge in [0.1, 0.15) is 23.0 Å². The Hall–Kier alpha value is -6.51. The molecule has 0 unspecified atom stereocenters. The van der Waals surface area contributed by atoms with E-state index in [9.17, 15) is 0 Å². The van der Waals surface area contributed by atoms with E-state index in [2.05, 4.69) is 83.5 Å². The largest absolute Gasteiger partial charge is 0.457 e. The minimum Gasteiger partial charge on any atom is -0.457 e. The zero-order chi connectivity index (χ0) is 42.0. The van der Waals surface area contributed by atoms with Crippen molar-refractivity contribution >= 4 is 93.1 Å². The first-order valence-corrected chi connectivity index (χ1v) is 20.9. The molecule has 0 aliphatic heterocycles. The molecule has 0 aliphatic rings. The fourth-order valence-electron chi connectivity index (χ4n) is 5.36. The third-order valence-electron chi connectivity index (χ3n) is 8.24. The zero-order valence-electron chi connectivity index (χ0n) is 33.5. The van der Waals surface area contributed by atoms with Gasteiger partial charge in [0.25, 0.3) is 0 Å². The van der Waals surface area contributed by atoms with Gasteiger partial charge >= 0.3 is 0 Å². The number of hydrogen-bond donors (Lipinski definition) is 3. The number of fused-ring (bicyclic) bond motifs is 1. The van der Waals surface area contributed by atoms with Crippen molar-refractivity contribution in [3.05, 3.63) is 133 Å². The van der Waals surface area contributed by atoms with Crippen LogP contribution in [0.2, 0.25) is 0 Å². The van der Waals surface area contributed by atoms with E-state index in [1.54, 1.807) is 74.6 Å². The molecule has 0 spiro atoms. The van der Waals surface area contributed by atoms with E-state index in [4.69, 9.17) is 20.2 Å². The van der Waals surface area contributed by atoms with Gasteiger partial charge in [0.05, 0.1) is 44.6 Å². The van der Waals surface area contributed by atoms with Crippen LogP contribution in [0.15, 0.2) is 146 Å². The molecule has 0 atom stereocenters. The fourth-order valence-corrected chi connectivity index (χ4v) is 6.28. The molecule has 0 saturated carbocycles. The first kappa shape index (κ1) is 46.2. The summed E-state index contributed by atoms with van der Waals surface area (Å²) < 4.78 is 13.8. The Labute approximate surface area is 365 Å². The molecule has 0 amide bonds. The second kappa shape index (κ2) is 23.8. The molecule has 3 aromatic heterocycles. The van der Waals surface area contributed by atoms with Crippen molar-refractivity contribution in [3.8, 4) is 23.0 Å². The molecule has 0 fully saturated rings. The van der Waals surface area contributed by atoms with Gasteiger partial charge in [-0.15, -0.1) is 23.5 Å². The number of nitrogens with zero attached hydrogens (tertiary/aromatic N) is 7. The number of nitrogens with one attached hydrogen (secondary N) is 2. The third-order valence-corrected chi connectivity index (χ3v) is 9.82. The second-order valence-corrected chi connectivity index (χ2v) is 14.2. The lowest BCUT2D eigenvalue weighted by molar-refractivity contribution is 0.482. The fraction of sp³-hybridized carbons (Fsp3) is 0.156. The van der Waals surface area contributed by atoms with Crippen molar-refractivity contribution in [1.82, 2.24) is 19.5 Å². The number of nitrogens with two attached hydrogens (primary N) is 1. The lowest BCUT2D eigenvalue weighted by atomic mass is 10.2. The second-order valence-electron chi connectivity index (χ2n) is 12.2. The molecule has 0 saturated heterocycles. The maximum Gasteiger partial charge on any atom is 0.208 e. The summed E-state index contributed by atoms with van der Waals surface area (Å²) >= 11 is 7.90. The highest BCUT2D eigenvalue weighted by molar-refractivity contribution is 7.98. The SMILES string of the molecule is C.CN=Cc1cc(Oc2ccc(NC)c(N)c2)ccn1.CN=Cc1cc(Oc2ccc3c(c2)nc(Nc2ccc(SC)cc2)n3C)ccn1.CSc1ccc(N=C=S)cc1. The zero-order valence-corrected chi connectivity index (χ0v) is 35.9.